The van der Waals surface area contributed by atoms with Gasteiger partial charge in [-0.05, 0) is 36.8 Å². The zero-order valence-electron chi connectivity index (χ0n) is 14.5. The van der Waals surface area contributed by atoms with Crippen molar-refractivity contribution < 1.29 is 19.1 Å². The van der Waals surface area contributed by atoms with Gasteiger partial charge in [-0.25, -0.2) is 4.79 Å². The first-order valence-corrected chi connectivity index (χ1v) is 8.15. The van der Waals surface area contributed by atoms with Gasteiger partial charge >= 0.3 is 5.97 Å². The Hall–Kier alpha value is -3.91. The molecule has 0 bridgehead atoms. The molecule has 3 rings (SSSR count). The van der Waals surface area contributed by atoms with Crippen LogP contribution in [0.5, 0.6) is 0 Å². The number of carbonyl (C=O) groups excluding carboxylic acids is 1. The van der Waals surface area contributed by atoms with E-state index in [0.29, 0.717) is 22.6 Å². The van der Waals surface area contributed by atoms with E-state index in [-0.39, 0.29) is 16.9 Å². The van der Waals surface area contributed by atoms with E-state index in [4.69, 9.17) is 9.52 Å². The number of carbonyl (C=O) groups is 2. The minimum atomic E-state index is -1.02. The van der Waals surface area contributed by atoms with Gasteiger partial charge in [0.05, 0.1) is 5.56 Å². The Morgan fingerprint density at radius 1 is 1.04 bits per heavy atom. The number of nitriles is 1. The van der Waals surface area contributed by atoms with Crippen LogP contribution in [0.3, 0.4) is 0 Å². The SMILES string of the molecule is Cc1ccc(C(=O)O)cc1-c1ccc(/C=C(\C#N)C(=O)c2ccccc2)o1. The van der Waals surface area contributed by atoms with Gasteiger partial charge in [0.25, 0.3) is 0 Å². The van der Waals surface area contributed by atoms with Crippen molar-refractivity contribution in [1.29, 1.82) is 5.26 Å². The van der Waals surface area contributed by atoms with Crippen LogP contribution in [0.25, 0.3) is 17.4 Å². The van der Waals surface area contributed by atoms with Crippen molar-refractivity contribution in [2.75, 3.05) is 0 Å². The summed E-state index contributed by atoms with van der Waals surface area (Å²) in [6.45, 7) is 1.85. The van der Waals surface area contributed by atoms with Crippen LogP contribution in [0.1, 0.15) is 32.0 Å². The molecule has 1 heterocycles. The average molecular weight is 357 g/mol. The van der Waals surface area contributed by atoms with Crippen LogP contribution in [-0.2, 0) is 0 Å². The molecule has 0 fully saturated rings. The van der Waals surface area contributed by atoms with Crippen LogP contribution in [0.15, 0.2) is 70.7 Å². The summed E-state index contributed by atoms with van der Waals surface area (Å²) in [6.07, 6.45) is 1.38. The topological polar surface area (TPSA) is 91.3 Å². The molecule has 0 unspecified atom stereocenters. The Kier molecular flexibility index (Phi) is 5.00. The van der Waals surface area contributed by atoms with Gasteiger partial charge in [-0.1, -0.05) is 36.4 Å². The van der Waals surface area contributed by atoms with E-state index in [1.54, 1.807) is 48.5 Å². The molecule has 0 aliphatic heterocycles. The fourth-order valence-corrected chi connectivity index (χ4v) is 2.63. The number of ketones is 1. The van der Waals surface area contributed by atoms with Crippen LogP contribution in [0, 0.1) is 18.3 Å². The van der Waals surface area contributed by atoms with Crippen LogP contribution in [0.4, 0.5) is 0 Å². The number of nitrogens with zero attached hydrogens (tertiary/aromatic N) is 1. The highest BCUT2D eigenvalue weighted by molar-refractivity contribution is 6.13. The van der Waals surface area contributed by atoms with Crippen LogP contribution < -0.4 is 0 Å². The fourth-order valence-electron chi connectivity index (χ4n) is 2.63. The smallest absolute Gasteiger partial charge is 0.335 e. The molecular weight excluding hydrogens is 342 g/mol. The molecule has 0 amide bonds. The maximum absolute atomic E-state index is 12.4. The Labute approximate surface area is 155 Å². The molecule has 2 aromatic carbocycles. The van der Waals surface area contributed by atoms with Gasteiger partial charge in [-0.15, -0.1) is 0 Å². The first-order valence-electron chi connectivity index (χ1n) is 8.15. The minimum absolute atomic E-state index is 0.0434. The summed E-state index contributed by atoms with van der Waals surface area (Å²) in [6, 6.07) is 18.5. The molecule has 1 N–H and O–H groups in total. The van der Waals surface area contributed by atoms with E-state index >= 15 is 0 Å². The third-order valence-electron chi connectivity index (χ3n) is 4.06. The first kappa shape index (κ1) is 17.9. The number of hydrogen-bond donors (Lipinski definition) is 1. The maximum Gasteiger partial charge on any atom is 0.335 e. The second-order valence-electron chi connectivity index (χ2n) is 5.90. The normalized spacial score (nSPS) is 11.0. The van der Waals surface area contributed by atoms with Gasteiger partial charge in [0.15, 0.2) is 0 Å². The summed E-state index contributed by atoms with van der Waals surface area (Å²) >= 11 is 0. The van der Waals surface area contributed by atoms with E-state index in [2.05, 4.69) is 0 Å². The van der Waals surface area contributed by atoms with Gasteiger partial charge in [0.1, 0.15) is 23.2 Å². The number of carboxylic acids is 1. The number of benzene rings is 2. The average Bonchev–Trinajstić information content (AvgIpc) is 3.14. The number of aryl methyl sites for hydroxylation is 1. The summed E-state index contributed by atoms with van der Waals surface area (Å²) in [5.41, 5.74) is 2.02. The van der Waals surface area contributed by atoms with Crippen LogP contribution in [0.2, 0.25) is 0 Å². The van der Waals surface area contributed by atoms with E-state index in [9.17, 15) is 14.9 Å². The molecule has 0 aliphatic carbocycles. The quantitative estimate of drug-likeness (QED) is 0.404. The molecule has 0 aliphatic rings. The van der Waals surface area contributed by atoms with Gasteiger partial charge in [-0.2, -0.15) is 5.26 Å². The van der Waals surface area contributed by atoms with Gasteiger partial charge < -0.3 is 9.52 Å². The number of aromatic carboxylic acids is 1. The molecule has 0 saturated heterocycles. The molecule has 5 nitrogen and oxygen atoms in total. The molecule has 0 spiro atoms. The number of Topliss-reactive ketones (excluding diaryl/α,β-unsaturated/α-hetero) is 1. The van der Waals surface area contributed by atoms with E-state index < -0.39 is 5.97 Å². The number of allylic oxidation sites excluding steroid dienone is 1. The third kappa shape index (κ3) is 3.86. The molecule has 0 radical (unpaired) electrons. The third-order valence-corrected chi connectivity index (χ3v) is 4.06. The first-order chi connectivity index (χ1) is 13.0. The van der Waals surface area contributed by atoms with Gasteiger partial charge in [0.2, 0.25) is 5.78 Å². The lowest BCUT2D eigenvalue weighted by Crippen LogP contribution is -2.01. The predicted octanol–water partition coefficient (Wildman–Crippen LogP) is 4.74. The van der Waals surface area contributed by atoms with Crippen molar-refractivity contribution in [3.8, 4) is 17.4 Å². The lowest BCUT2D eigenvalue weighted by atomic mass is 10.0. The molecule has 0 atom stereocenters. The minimum Gasteiger partial charge on any atom is -0.478 e. The number of hydrogen-bond acceptors (Lipinski definition) is 4. The zero-order valence-corrected chi connectivity index (χ0v) is 14.5. The molecule has 5 heteroatoms. The van der Waals surface area contributed by atoms with Crippen LogP contribution in [-0.4, -0.2) is 16.9 Å². The van der Waals surface area contributed by atoms with Crippen molar-refractivity contribution in [2.24, 2.45) is 0 Å². The predicted molar refractivity (Wildman–Crippen MR) is 100 cm³/mol. The van der Waals surface area contributed by atoms with Crippen LogP contribution >= 0.6 is 0 Å². The lowest BCUT2D eigenvalue weighted by molar-refractivity contribution is 0.0696. The Morgan fingerprint density at radius 3 is 2.44 bits per heavy atom. The highest BCUT2D eigenvalue weighted by Gasteiger charge is 2.14. The molecular formula is C22H15NO4. The molecule has 1 aromatic heterocycles. The summed E-state index contributed by atoms with van der Waals surface area (Å²) in [5, 5.41) is 18.5. The van der Waals surface area contributed by atoms with E-state index in [0.717, 1.165) is 5.56 Å². The molecule has 132 valence electrons. The highest BCUT2D eigenvalue weighted by atomic mass is 16.4. The van der Waals surface area contributed by atoms with Gasteiger partial charge in [-0.3, -0.25) is 4.79 Å². The van der Waals surface area contributed by atoms with Gasteiger partial charge in [0, 0.05) is 17.2 Å². The maximum atomic E-state index is 12.4. The number of rotatable bonds is 5. The number of carboxylic acid groups (broad SMARTS) is 1. The Balaban J connectivity index is 1.95. The number of furan rings is 1. The summed E-state index contributed by atoms with van der Waals surface area (Å²) in [7, 11) is 0. The largest absolute Gasteiger partial charge is 0.478 e. The highest BCUT2D eigenvalue weighted by Crippen LogP contribution is 2.28. The zero-order chi connectivity index (χ0) is 19.4. The Morgan fingerprint density at radius 2 is 1.78 bits per heavy atom. The Bertz CT molecular complexity index is 1090. The lowest BCUT2D eigenvalue weighted by Gasteiger charge is -2.04. The monoisotopic (exact) mass is 357 g/mol. The van der Waals surface area contributed by atoms with Crippen molar-refractivity contribution in [3.63, 3.8) is 0 Å². The molecule has 0 saturated carbocycles. The van der Waals surface area contributed by atoms with E-state index in [1.807, 2.05) is 13.0 Å². The summed E-state index contributed by atoms with van der Waals surface area (Å²) < 4.78 is 5.73. The summed E-state index contributed by atoms with van der Waals surface area (Å²) in [5.74, 6) is -0.611. The summed E-state index contributed by atoms with van der Waals surface area (Å²) in [4.78, 5) is 23.6. The molecule has 27 heavy (non-hydrogen) atoms. The second-order valence-corrected chi connectivity index (χ2v) is 5.90. The van der Waals surface area contributed by atoms with E-state index in [1.165, 1.54) is 18.2 Å². The molecule has 3 aromatic rings. The van der Waals surface area contributed by atoms with Crippen molar-refractivity contribution in [1.82, 2.24) is 0 Å². The standard InChI is InChI=1S/C22H15NO4/c1-14-7-8-16(22(25)26)12-19(14)20-10-9-18(27-20)11-17(13-23)21(24)15-5-3-2-4-6-15/h2-12H,1H3,(H,25,26)/b17-11+. The van der Waals surface area contributed by atoms with Crippen molar-refractivity contribution in [3.05, 3.63) is 88.7 Å². The second kappa shape index (κ2) is 7.54. The van der Waals surface area contributed by atoms with Crippen molar-refractivity contribution >= 4 is 17.8 Å². The van der Waals surface area contributed by atoms with Crippen molar-refractivity contribution in [2.45, 2.75) is 6.92 Å². The fraction of sp³-hybridized carbons (Fsp3) is 0.0455.